The van der Waals surface area contributed by atoms with E-state index < -0.39 is 5.54 Å². The molecular formula is C35H48N4O3. The molecule has 42 heavy (non-hydrogen) atoms. The minimum Gasteiger partial charge on any atom is -0.342 e. The Bertz CT molecular complexity index is 1170. The van der Waals surface area contributed by atoms with Gasteiger partial charge in [-0.2, -0.15) is 0 Å². The molecule has 7 heteroatoms. The van der Waals surface area contributed by atoms with E-state index in [4.69, 9.17) is 0 Å². The molecule has 0 aromatic heterocycles. The molecule has 0 N–H and O–H groups in total. The SMILES string of the molecule is CCCCCCCC(=O)N1CCC2(CC1)C(=O)N(CC(=O)N1CCC(Cc3ccccc3)CC1)CN2c1ccccc1. The van der Waals surface area contributed by atoms with E-state index in [1.165, 1.54) is 24.8 Å². The first-order valence-electron chi connectivity index (χ1n) is 16.2. The van der Waals surface area contributed by atoms with E-state index in [0.717, 1.165) is 50.9 Å². The van der Waals surface area contributed by atoms with Crippen LogP contribution in [-0.4, -0.2) is 77.4 Å². The van der Waals surface area contributed by atoms with Crippen LogP contribution < -0.4 is 4.90 Å². The Hall–Kier alpha value is -3.35. The lowest BCUT2D eigenvalue weighted by molar-refractivity contribution is -0.142. The van der Waals surface area contributed by atoms with Crippen molar-refractivity contribution in [3.63, 3.8) is 0 Å². The quantitative estimate of drug-likeness (QED) is 0.334. The number of anilines is 1. The van der Waals surface area contributed by atoms with Crippen molar-refractivity contribution in [1.82, 2.24) is 14.7 Å². The van der Waals surface area contributed by atoms with Crippen molar-refractivity contribution in [2.45, 2.75) is 83.1 Å². The van der Waals surface area contributed by atoms with Crippen molar-refractivity contribution in [3.8, 4) is 0 Å². The first kappa shape index (κ1) is 30.1. The van der Waals surface area contributed by atoms with Gasteiger partial charge in [0.15, 0.2) is 0 Å². The van der Waals surface area contributed by atoms with E-state index in [1.54, 1.807) is 4.90 Å². The number of amides is 3. The zero-order valence-electron chi connectivity index (χ0n) is 25.4. The van der Waals surface area contributed by atoms with Gasteiger partial charge in [0.25, 0.3) is 5.91 Å². The molecule has 3 aliphatic heterocycles. The summed E-state index contributed by atoms with van der Waals surface area (Å²) in [5, 5.41) is 0. The maximum atomic E-state index is 14.1. The molecule has 3 amide bonds. The number of benzene rings is 2. The first-order chi connectivity index (χ1) is 20.5. The number of hydrogen-bond donors (Lipinski definition) is 0. The molecule has 1 spiro atoms. The number of likely N-dealkylation sites (tertiary alicyclic amines) is 2. The fraction of sp³-hybridized carbons (Fsp3) is 0.571. The molecule has 3 saturated heterocycles. The summed E-state index contributed by atoms with van der Waals surface area (Å²) in [7, 11) is 0. The molecule has 0 atom stereocenters. The van der Waals surface area contributed by atoms with Crippen molar-refractivity contribution in [3.05, 3.63) is 66.2 Å². The van der Waals surface area contributed by atoms with Crippen LogP contribution in [0.2, 0.25) is 0 Å². The van der Waals surface area contributed by atoms with E-state index in [9.17, 15) is 14.4 Å². The second kappa shape index (κ2) is 14.2. The maximum absolute atomic E-state index is 14.1. The van der Waals surface area contributed by atoms with Crippen LogP contribution in [0.1, 0.15) is 76.7 Å². The second-order valence-corrected chi connectivity index (χ2v) is 12.5. The lowest BCUT2D eigenvalue weighted by Crippen LogP contribution is -2.57. The summed E-state index contributed by atoms with van der Waals surface area (Å²) in [6, 6.07) is 20.7. The van der Waals surface area contributed by atoms with Crippen LogP contribution in [0.15, 0.2) is 60.7 Å². The van der Waals surface area contributed by atoms with Gasteiger partial charge in [-0.3, -0.25) is 14.4 Å². The molecule has 3 fully saturated rings. The van der Waals surface area contributed by atoms with Gasteiger partial charge in [-0.25, -0.2) is 0 Å². The van der Waals surface area contributed by atoms with Gasteiger partial charge in [0, 0.05) is 38.3 Å². The minimum absolute atomic E-state index is 0.0327. The Kier molecular flexibility index (Phi) is 10.2. The summed E-state index contributed by atoms with van der Waals surface area (Å²) in [5.41, 5.74) is 1.65. The van der Waals surface area contributed by atoms with Gasteiger partial charge in [-0.05, 0) is 62.1 Å². The summed E-state index contributed by atoms with van der Waals surface area (Å²) in [6.45, 7) is 5.39. The predicted molar refractivity (Wildman–Crippen MR) is 167 cm³/mol. The molecule has 3 aliphatic rings. The highest BCUT2D eigenvalue weighted by Gasteiger charge is 2.54. The maximum Gasteiger partial charge on any atom is 0.250 e. The van der Waals surface area contributed by atoms with Crippen LogP contribution in [0.3, 0.4) is 0 Å². The fourth-order valence-electron chi connectivity index (χ4n) is 7.08. The Balaban J connectivity index is 1.18. The van der Waals surface area contributed by atoms with Crippen molar-refractivity contribution in [2.24, 2.45) is 5.92 Å². The average Bonchev–Trinajstić information content (AvgIpc) is 3.28. The normalized spacial score (nSPS) is 19.1. The molecule has 0 aliphatic carbocycles. The van der Waals surface area contributed by atoms with E-state index in [0.29, 0.717) is 44.9 Å². The molecule has 3 heterocycles. The van der Waals surface area contributed by atoms with Crippen LogP contribution in [0.4, 0.5) is 5.69 Å². The largest absolute Gasteiger partial charge is 0.342 e. The third-order valence-electron chi connectivity index (χ3n) is 9.68. The summed E-state index contributed by atoms with van der Waals surface area (Å²) in [6.07, 6.45) is 10.5. The Morgan fingerprint density at radius 1 is 0.786 bits per heavy atom. The van der Waals surface area contributed by atoms with Gasteiger partial charge in [-0.1, -0.05) is 81.1 Å². The Labute approximate surface area is 251 Å². The number of carbonyl (C=O) groups excluding carboxylic acids is 3. The highest BCUT2D eigenvalue weighted by molar-refractivity contribution is 5.96. The van der Waals surface area contributed by atoms with Crippen molar-refractivity contribution in [2.75, 3.05) is 44.3 Å². The van der Waals surface area contributed by atoms with Gasteiger partial charge in [-0.15, -0.1) is 0 Å². The first-order valence-corrected chi connectivity index (χ1v) is 16.2. The molecule has 7 nitrogen and oxygen atoms in total. The molecule has 0 unspecified atom stereocenters. The van der Waals surface area contributed by atoms with Gasteiger partial charge < -0.3 is 19.6 Å². The topological polar surface area (TPSA) is 64.2 Å². The number of unbranched alkanes of at least 4 members (excludes halogenated alkanes) is 4. The van der Waals surface area contributed by atoms with Crippen LogP contribution in [0.5, 0.6) is 0 Å². The number of hydrogen-bond acceptors (Lipinski definition) is 4. The monoisotopic (exact) mass is 572 g/mol. The van der Waals surface area contributed by atoms with Gasteiger partial charge in [0.2, 0.25) is 11.8 Å². The van der Waals surface area contributed by atoms with E-state index in [-0.39, 0.29) is 24.3 Å². The zero-order chi connectivity index (χ0) is 29.4. The van der Waals surface area contributed by atoms with E-state index >= 15 is 0 Å². The van der Waals surface area contributed by atoms with Gasteiger partial charge >= 0.3 is 0 Å². The lowest BCUT2D eigenvalue weighted by atomic mass is 9.85. The Morgan fingerprint density at radius 3 is 2.07 bits per heavy atom. The Morgan fingerprint density at radius 2 is 1.40 bits per heavy atom. The number of piperidine rings is 2. The van der Waals surface area contributed by atoms with Crippen LogP contribution in [0, 0.1) is 5.92 Å². The van der Waals surface area contributed by atoms with E-state index in [1.807, 2.05) is 46.2 Å². The molecule has 0 radical (unpaired) electrons. The van der Waals surface area contributed by atoms with Crippen LogP contribution in [-0.2, 0) is 20.8 Å². The van der Waals surface area contributed by atoms with Gasteiger partial charge in [0.1, 0.15) is 12.1 Å². The summed E-state index contributed by atoms with van der Waals surface area (Å²) in [5.74, 6) is 0.874. The molecule has 226 valence electrons. The minimum atomic E-state index is -0.706. The fourth-order valence-corrected chi connectivity index (χ4v) is 7.08. The van der Waals surface area contributed by atoms with Crippen molar-refractivity contribution >= 4 is 23.4 Å². The predicted octanol–water partition coefficient (Wildman–Crippen LogP) is 5.50. The van der Waals surface area contributed by atoms with Gasteiger partial charge in [0.05, 0.1) is 6.67 Å². The highest BCUT2D eigenvalue weighted by Crippen LogP contribution is 2.39. The number of para-hydroxylation sites is 1. The molecule has 0 bridgehead atoms. The molecule has 2 aromatic rings. The smallest absolute Gasteiger partial charge is 0.250 e. The second-order valence-electron chi connectivity index (χ2n) is 12.5. The molecule has 0 saturated carbocycles. The van der Waals surface area contributed by atoms with E-state index in [2.05, 4.69) is 36.1 Å². The van der Waals surface area contributed by atoms with Crippen LogP contribution >= 0.6 is 0 Å². The highest BCUT2D eigenvalue weighted by atomic mass is 16.2. The van der Waals surface area contributed by atoms with Crippen LogP contribution in [0.25, 0.3) is 0 Å². The third-order valence-corrected chi connectivity index (χ3v) is 9.68. The number of rotatable bonds is 11. The average molecular weight is 573 g/mol. The lowest BCUT2D eigenvalue weighted by Gasteiger charge is -2.43. The summed E-state index contributed by atoms with van der Waals surface area (Å²) >= 11 is 0. The standard InChI is InChI=1S/C35H48N4O3/c1-2-3-4-5-12-17-32(40)37-24-20-35(21-25-37)34(42)38(28-39(35)31-15-10-7-11-16-31)27-33(41)36-22-18-30(19-23-36)26-29-13-8-6-9-14-29/h6-11,13-16,30H,2-5,12,17-28H2,1H3. The zero-order valence-corrected chi connectivity index (χ0v) is 25.4. The molecule has 2 aromatic carbocycles. The molecule has 5 rings (SSSR count). The molecular weight excluding hydrogens is 524 g/mol. The third kappa shape index (κ3) is 6.99. The number of carbonyl (C=O) groups is 3. The summed E-state index contributed by atoms with van der Waals surface area (Å²) in [4.78, 5) is 48.4. The van der Waals surface area contributed by atoms with Crippen molar-refractivity contribution < 1.29 is 14.4 Å². The summed E-state index contributed by atoms with van der Waals surface area (Å²) < 4.78 is 0. The number of nitrogens with zero attached hydrogens (tertiary/aromatic N) is 4. The van der Waals surface area contributed by atoms with Crippen molar-refractivity contribution in [1.29, 1.82) is 0 Å².